The summed E-state index contributed by atoms with van der Waals surface area (Å²) in [5.41, 5.74) is 4.86. The van der Waals surface area contributed by atoms with Crippen molar-refractivity contribution in [3.05, 3.63) is 35.1 Å². The zero-order valence-corrected chi connectivity index (χ0v) is 7.51. The van der Waals surface area contributed by atoms with Crippen molar-refractivity contribution in [2.24, 2.45) is 5.73 Å². The van der Waals surface area contributed by atoms with Crippen LogP contribution in [-0.4, -0.2) is 17.1 Å². The first-order valence-electron chi connectivity index (χ1n) is 4.03. The number of carboxylic acids is 1. The third-order valence-corrected chi connectivity index (χ3v) is 1.85. The molecule has 0 aromatic heterocycles. The molecule has 15 heavy (non-hydrogen) atoms. The molecule has 0 unspecified atom stereocenters. The number of halogens is 3. The van der Waals surface area contributed by atoms with Gasteiger partial charge < -0.3 is 10.8 Å². The Morgan fingerprint density at radius 3 is 2.33 bits per heavy atom. The van der Waals surface area contributed by atoms with Crippen molar-refractivity contribution in [1.82, 2.24) is 0 Å². The summed E-state index contributed by atoms with van der Waals surface area (Å²) in [6.07, 6.45) is -0.391. The molecule has 3 N–H and O–H groups in total. The van der Waals surface area contributed by atoms with Gasteiger partial charge in [-0.1, -0.05) is 0 Å². The molecule has 1 aromatic carbocycles. The Kier molecular flexibility index (Phi) is 3.31. The SMILES string of the molecule is N[C@H](Cc1cc(F)c(F)cc1F)C(=O)O. The molecule has 1 rings (SSSR count). The summed E-state index contributed by atoms with van der Waals surface area (Å²) in [5, 5.41) is 8.44. The van der Waals surface area contributed by atoms with Gasteiger partial charge in [0.2, 0.25) is 0 Å². The lowest BCUT2D eigenvalue weighted by Crippen LogP contribution is -2.32. The molecule has 0 spiro atoms. The number of carbonyl (C=O) groups is 1. The first kappa shape index (κ1) is 11.5. The molecular formula is C9H8F3NO2. The molecular weight excluding hydrogens is 211 g/mol. The quantitative estimate of drug-likeness (QED) is 0.747. The number of carboxylic acid groups (broad SMARTS) is 1. The minimum atomic E-state index is -1.34. The first-order valence-corrected chi connectivity index (χ1v) is 4.03. The summed E-state index contributed by atoms with van der Waals surface area (Å²) in [5.74, 6) is -4.89. The minimum Gasteiger partial charge on any atom is -0.480 e. The summed E-state index contributed by atoms with van der Waals surface area (Å²) in [6.45, 7) is 0. The van der Waals surface area contributed by atoms with E-state index >= 15 is 0 Å². The zero-order chi connectivity index (χ0) is 11.6. The van der Waals surface area contributed by atoms with Crippen LogP contribution < -0.4 is 5.73 Å². The van der Waals surface area contributed by atoms with Crippen molar-refractivity contribution in [3.8, 4) is 0 Å². The second kappa shape index (κ2) is 4.31. The summed E-state index contributed by atoms with van der Waals surface area (Å²) >= 11 is 0. The smallest absolute Gasteiger partial charge is 0.320 e. The third-order valence-electron chi connectivity index (χ3n) is 1.85. The second-order valence-electron chi connectivity index (χ2n) is 3.01. The van der Waals surface area contributed by atoms with Gasteiger partial charge in [-0.25, -0.2) is 13.2 Å². The van der Waals surface area contributed by atoms with Gasteiger partial charge in [-0.3, -0.25) is 4.79 Å². The van der Waals surface area contributed by atoms with Crippen LogP contribution in [0.5, 0.6) is 0 Å². The molecule has 0 radical (unpaired) electrons. The van der Waals surface area contributed by atoms with Crippen LogP contribution >= 0.6 is 0 Å². The first-order chi connectivity index (χ1) is 6.91. The molecule has 0 amide bonds. The van der Waals surface area contributed by atoms with E-state index in [2.05, 4.69) is 0 Å². The van der Waals surface area contributed by atoms with Gasteiger partial charge in [0.05, 0.1) is 0 Å². The van der Waals surface area contributed by atoms with Gasteiger partial charge in [-0.05, 0) is 11.6 Å². The van der Waals surface area contributed by atoms with Crippen molar-refractivity contribution in [3.63, 3.8) is 0 Å². The van der Waals surface area contributed by atoms with Crippen molar-refractivity contribution in [2.45, 2.75) is 12.5 Å². The molecule has 82 valence electrons. The summed E-state index contributed by atoms with van der Waals surface area (Å²) in [7, 11) is 0. The van der Waals surface area contributed by atoms with Crippen LogP contribution in [0.3, 0.4) is 0 Å². The molecule has 0 fully saturated rings. The summed E-state index contributed by atoms with van der Waals surface area (Å²) in [4.78, 5) is 10.4. The van der Waals surface area contributed by atoms with E-state index in [1.807, 2.05) is 0 Å². The van der Waals surface area contributed by atoms with E-state index in [9.17, 15) is 18.0 Å². The lowest BCUT2D eigenvalue weighted by molar-refractivity contribution is -0.138. The Morgan fingerprint density at radius 2 is 1.80 bits per heavy atom. The third kappa shape index (κ3) is 2.69. The molecule has 0 heterocycles. The predicted molar refractivity (Wildman–Crippen MR) is 45.6 cm³/mol. The Morgan fingerprint density at radius 1 is 1.27 bits per heavy atom. The monoisotopic (exact) mass is 219 g/mol. The van der Waals surface area contributed by atoms with Gasteiger partial charge in [-0.2, -0.15) is 0 Å². The molecule has 1 aromatic rings. The fourth-order valence-corrected chi connectivity index (χ4v) is 1.04. The number of benzene rings is 1. The maximum absolute atomic E-state index is 13.0. The highest BCUT2D eigenvalue weighted by Gasteiger charge is 2.17. The van der Waals surface area contributed by atoms with Crippen LogP contribution in [0.15, 0.2) is 12.1 Å². The molecule has 0 saturated heterocycles. The van der Waals surface area contributed by atoms with Crippen LogP contribution in [0.1, 0.15) is 5.56 Å². The molecule has 0 aliphatic heterocycles. The number of nitrogens with two attached hydrogens (primary N) is 1. The highest BCUT2D eigenvalue weighted by molar-refractivity contribution is 5.73. The van der Waals surface area contributed by atoms with Gasteiger partial charge in [0.25, 0.3) is 0 Å². The van der Waals surface area contributed by atoms with Crippen molar-refractivity contribution in [1.29, 1.82) is 0 Å². The molecule has 0 bridgehead atoms. The average molecular weight is 219 g/mol. The molecule has 6 heteroatoms. The van der Waals surface area contributed by atoms with Crippen molar-refractivity contribution >= 4 is 5.97 Å². The summed E-state index contributed by atoms with van der Waals surface area (Å²) in [6, 6.07) is -0.378. The molecule has 0 aliphatic rings. The van der Waals surface area contributed by atoms with Gasteiger partial charge in [0.1, 0.15) is 11.9 Å². The maximum Gasteiger partial charge on any atom is 0.320 e. The van der Waals surface area contributed by atoms with Gasteiger partial charge in [0, 0.05) is 12.5 Å². The Labute approximate surface area is 83.3 Å². The van der Waals surface area contributed by atoms with E-state index in [0.717, 1.165) is 0 Å². The molecule has 1 atom stereocenters. The lowest BCUT2D eigenvalue weighted by Gasteiger charge is -2.07. The number of aliphatic carboxylic acids is 1. The largest absolute Gasteiger partial charge is 0.480 e. The Hall–Kier alpha value is -1.56. The Balaban J connectivity index is 2.95. The highest BCUT2D eigenvalue weighted by Crippen LogP contribution is 2.14. The fourth-order valence-electron chi connectivity index (χ4n) is 1.04. The van der Waals surface area contributed by atoms with E-state index < -0.39 is 35.9 Å². The molecule has 3 nitrogen and oxygen atoms in total. The summed E-state index contributed by atoms with van der Waals surface area (Å²) < 4.78 is 38.2. The van der Waals surface area contributed by atoms with Crippen molar-refractivity contribution < 1.29 is 23.1 Å². The topological polar surface area (TPSA) is 63.3 Å². The van der Waals surface area contributed by atoms with E-state index in [4.69, 9.17) is 10.8 Å². The average Bonchev–Trinajstić information content (AvgIpc) is 2.13. The minimum absolute atomic E-state index is 0.260. The standard InChI is InChI=1S/C9H8F3NO2/c10-5-3-7(12)6(11)1-4(5)2-8(13)9(14)15/h1,3,8H,2,13H2,(H,14,15)/t8-/m1/s1. The van der Waals surface area contributed by atoms with Gasteiger partial charge >= 0.3 is 5.97 Å². The number of hydrogen-bond donors (Lipinski definition) is 2. The maximum atomic E-state index is 13.0. The van der Waals surface area contributed by atoms with Crippen LogP contribution in [0.4, 0.5) is 13.2 Å². The van der Waals surface area contributed by atoms with Gasteiger partial charge in [-0.15, -0.1) is 0 Å². The highest BCUT2D eigenvalue weighted by atomic mass is 19.2. The molecule has 0 aliphatic carbocycles. The normalized spacial score (nSPS) is 12.5. The predicted octanol–water partition coefficient (Wildman–Crippen LogP) is 1.06. The van der Waals surface area contributed by atoms with E-state index in [1.165, 1.54) is 0 Å². The van der Waals surface area contributed by atoms with Crippen LogP contribution in [0.2, 0.25) is 0 Å². The Bertz CT molecular complexity index is 395. The second-order valence-corrected chi connectivity index (χ2v) is 3.01. The van der Waals surface area contributed by atoms with E-state index in [0.29, 0.717) is 12.1 Å². The van der Waals surface area contributed by atoms with Crippen LogP contribution in [-0.2, 0) is 11.2 Å². The fraction of sp³-hybridized carbons (Fsp3) is 0.222. The van der Waals surface area contributed by atoms with Gasteiger partial charge in [0.15, 0.2) is 11.6 Å². The molecule has 0 saturated carbocycles. The lowest BCUT2D eigenvalue weighted by atomic mass is 10.1. The number of hydrogen-bond acceptors (Lipinski definition) is 2. The zero-order valence-electron chi connectivity index (χ0n) is 7.51. The number of rotatable bonds is 3. The van der Waals surface area contributed by atoms with Crippen LogP contribution in [0.25, 0.3) is 0 Å². The van der Waals surface area contributed by atoms with Crippen LogP contribution in [0, 0.1) is 17.5 Å². The van der Waals surface area contributed by atoms with Crippen molar-refractivity contribution in [2.75, 3.05) is 0 Å². The van der Waals surface area contributed by atoms with E-state index in [1.54, 1.807) is 0 Å². The van der Waals surface area contributed by atoms with E-state index in [-0.39, 0.29) is 5.56 Å².